The second-order valence-electron chi connectivity index (χ2n) is 6.25. The first-order valence-corrected chi connectivity index (χ1v) is 9.96. The van der Waals surface area contributed by atoms with Crippen molar-refractivity contribution in [3.8, 4) is 12.3 Å². The first-order valence-electron chi connectivity index (χ1n) is 9.14. The molecule has 7 nitrogen and oxygen atoms in total. The van der Waals surface area contributed by atoms with Crippen LogP contribution in [0.25, 0.3) is 21.3 Å². The van der Waals surface area contributed by atoms with Crippen LogP contribution in [0.1, 0.15) is 27.6 Å². The Kier molecular flexibility index (Phi) is 5.37. The maximum Gasteiger partial charge on any atom is 0.338 e. The number of terminal acetylenes is 1. The largest absolute Gasteiger partial charge is 0.462 e. The van der Waals surface area contributed by atoms with Crippen molar-refractivity contribution in [3.63, 3.8) is 0 Å². The van der Waals surface area contributed by atoms with E-state index in [1.165, 1.54) is 11.3 Å². The molecule has 0 N–H and O–H groups in total. The number of fused-ring (bicyclic) bond motifs is 2. The van der Waals surface area contributed by atoms with Gasteiger partial charge in [-0.3, -0.25) is 14.8 Å². The van der Waals surface area contributed by atoms with Crippen LogP contribution in [-0.4, -0.2) is 33.0 Å². The molecule has 0 atom stereocenters. The third kappa shape index (κ3) is 3.71. The Morgan fingerprint density at radius 1 is 1.13 bits per heavy atom. The van der Waals surface area contributed by atoms with Crippen molar-refractivity contribution in [2.75, 3.05) is 6.61 Å². The number of ether oxygens (including phenoxy) is 1. The van der Waals surface area contributed by atoms with E-state index in [2.05, 4.69) is 20.9 Å². The van der Waals surface area contributed by atoms with Gasteiger partial charge in [0.15, 0.2) is 4.80 Å². The van der Waals surface area contributed by atoms with Crippen molar-refractivity contribution in [2.24, 2.45) is 4.99 Å². The molecule has 2 aromatic heterocycles. The lowest BCUT2D eigenvalue weighted by atomic mass is 10.2. The van der Waals surface area contributed by atoms with Crippen molar-refractivity contribution >= 4 is 44.5 Å². The second-order valence-corrected chi connectivity index (χ2v) is 7.26. The molecule has 0 aliphatic carbocycles. The van der Waals surface area contributed by atoms with Crippen molar-refractivity contribution in [1.82, 2.24) is 14.5 Å². The molecule has 0 saturated carbocycles. The molecule has 0 bridgehead atoms. The minimum absolute atomic E-state index is 0.244. The highest BCUT2D eigenvalue weighted by Crippen LogP contribution is 2.20. The number of amides is 1. The minimum Gasteiger partial charge on any atom is -0.462 e. The van der Waals surface area contributed by atoms with Crippen molar-refractivity contribution < 1.29 is 14.3 Å². The molecule has 2 aromatic carbocycles. The molecule has 8 heteroatoms. The third-order valence-corrected chi connectivity index (χ3v) is 5.40. The highest BCUT2D eigenvalue weighted by atomic mass is 32.1. The number of thiazole rings is 1. The van der Waals surface area contributed by atoms with Crippen LogP contribution in [0, 0.1) is 12.3 Å². The number of hydrogen-bond acceptors (Lipinski definition) is 6. The third-order valence-electron chi connectivity index (χ3n) is 4.36. The van der Waals surface area contributed by atoms with E-state index in [9.17, 15) is 9.59 Å². The van der Waals surface area contributed by atoms with E-state index < -0.39 is 11.9 Å². The highest BCUT2D eigenvalue weighted by molar-refractivity contribution is 7.16. The number of hydrogen-bond donors (Lipinski definition) is 0. The SMILES string of the molecule is C#CCn1c(=NC(=O)c2ccc3nccnc3c2)sc2cc(C(=O)OCC)ccc21. The maximum absolute atomic E-state index is 12.8. The molecular weight excluding hydrogens is 400 g/mol. The highest BCUT2D eigenvalue weighted by Gasteiger charge is 2.13. The molecule has 4 aromatic rings. The van der Waals surface area contributed by atoms with Gasteiger partial charge in [0, 0.05) is 18.0 Å². The van der Waals surface area contributed by atoms with Crippen LogP contribution in [-0.2, 0) is 11.3 Å². The minimum atomic E-state index is -0.412. The summed E-state index contributed by atoms with van der Waals surface area (Å²) in [6, 6.07) is 10.2. The average molecular weight is 416 g/mol. The number of carbonyl (C=O) groups excluding carboxylic acids is 2. The molecular formula is C22H16N4O3S. The van der Waals surface area contributed by atoms with Crippen LogP contribution < -0.4 is 4.80 Å². The summed E-state index contributed by atoms with van der Waals surface area (Å²) in [5.74, 6) is 1.77. The molecule has 2 heterocycles. The number of benzene rings is 2. The fourth-order valence-electron chi connectivity index (χ4n) is 2.99. The summed E-state index contributed by atoms with van der Waals surface area (Å²) in [5.41, 5.74) is 2.95. The van der Waals surface area contributed by atoms with Gasteiger partial charge >= 0.3 is 5.97 Å². The summed E-state index contributed by atoms with van der Waals surface area (Å²) in [6.07, 6.45) is 8.69. The summed E-state index contributed by atoms with van der Waals surface area (Å²) in [5, 5.41) is 0. The van der Waals surface area contributed by atoms with E-state index >= 15 is 0 Å². The first-order chi connectivity index (χ1) is 14.6. The summed E-state index contributed by atoms with van der Waals surface area (Å²) < 4.78 is 7.61. The molecule has 148 valence electrons. The predicted octanol–water partition coefficient (Wildman–Crippen LogP) is 3.20. The van der Waals surface area contributed by atoms with E-state index in [-0.39, 0.29) is 6.54 Å². The van der Waals surface area contributed by atoms with Gasteiger partial charge in [-0.1, -0.05) is 17.3 Å². The van der Waals surface area contributed by atoms with Crippen LogP contribution in [0.4, 0.5) is 0 Å². The fourth-order valence-corrected chi connectivity index (χ4v) is 4.06. The smallest absolute Gasteiger partial charge is 0.338 e. The summed E-state index contributed by atoms with van der Waals surface area (Å²) in [6.45, 7) is 2.29. The summed E-state index contributed by atoms with van der Waals surface area (Å²) >= 11 is 1.28. The Hall–Kier alpha value is -3.83. The number of esters is 1. The molecule has 0 spiro atoms. The van der Waals surface area contributed by atoms with Crippen molar-refractivity contribution in [1.29, 1.82) is 0 Å². The number of rotatable bonds is 4. The van der Waals surface area contributed by atoms with Crippen molar-refractivity contribution in [3.05, 3.63) is 64.7 Å². The van der Waals surface area contributed by atoms with Gasteiger partial charge in [-0.25, -0.2) is 4.79 Å². The van der Waals surface area contributed by atoms with E-state index in [0.29, 0.717) is 33.6 Å². The van der Waals surface area contributed by atoms with Crippen LogP contribution >= 0.6 is 11.3 Å². The zero-order valence-electron chi connectivity index (χ0n) is 16.0. The van der Waals surface area contributed by atoms with Crippen LogP contribution in [0.2, 0.25) is 0 Å². The summed E-state index contributed by atoms with van der Waals surface area (Å²) in [4.78, 5) is 38.0. The van der Waals surface area contributed by atoms with Gasteiger partial charge in [0.2, 0.25) is 0 Å². The Bertz CT molecular complexity index is 1400. The van der Waals surface area contributed by atoms with Crippen LogP contribution in [0.15, 0.2) is 53.8 Å². The monoisotopic (exact) mass is 416 g/mol. The quantitative estimate of drug-likeness (QED) is 0.377. The lowest BCUT2D eigenvalue weighted by molar-refractivity contribution is 0.0526. The zero-order valence-corrected chi connectivity index (χ0v) is 16.8. The van der Waals surface area contributed by atoms with E-state index in [1.807, 2.05) is 0 Å². The average Bonchev–Trinajstić information content (AvgIpc) is 3.10. The normalized spacial score (nSPS) is 11.5. The lowest BCUT2D eigenvalue weighted by Crippen LogP contribution is -2.16. The van der Waals surface area contributed by atoms with E-state index in [1.54, 1.807) is 60.3 Å². The molecule has 4 rings (SSSR count). The Morgan fingerprint density at radius 3 is 2.67 bits per heavy atom. The molecule has 0 saturated heterocycles. The predicted molar refractivity (Wildman–Crippen MR) is 114 cm³/mol. The van der Waals surface area contributed by atoms with E-state index in [0.717, 1.165) is 10.2 Å². The number of aromatic nitrogens is 3. The van der Waals surface area contributed by atoms with Crippen LogP contribution in [0.5, 0.6) is 0 Å². The molecule has 30 heavy (non-hydrogen) atoms. The van der Waals surface area contributed by atoms with Crippen LogP contribution in [0.3, 0.4) is 0 Å². The lowest BCUT2D eigenvalue weighted by Gasteiger charge is -2.03. The van der Waals surface area contributed by atoms with Gasteiger partial charge in [0.05, 0.1) is 40.0 Å². The van der Waals surface area contributed by atoms with Gasteiger partial charge in [0.1, 0.15) is 0 Å². The van der Waals surface area contributed by atoms with Gasteiger partial charge < -0.3 is 9.30 Å². The van der Waals surface area contributed by atoms with Crippen molar-refractivity contribution in [2.45, 2.75) is 13.5 Å². The Labute approximate surface area is 175 Å². The molecule has 0 radical (unpaired) electrons. The van der Waals surface area contributed by atoms with E-state index in [4.69, 9.17) is 11.2 Å². The topological polar surface area (TPSA) is 86.4 Å². The number of carbonyl (C=O) groups is 2. The fraction of sp³-hybridized carbons (Fsp3) is 0.136. The Morgan fingerprint density at radius 2 is 1.90 bits per heavy atom. The van der Waals surface area contributed by atoms with Gasteiger partial charge in [-0.05, 0) is 43.3 Å². The maximum atomic E-state index is 12.8. The Balaban J connectivity index is 1.80. The molecule has 0 fully saturated rings. The zero-order chi connectivity index (χ0) is 21.1. The van der Waals surface area contributed by atoms with Gasteiger partial charge in [-0.2, -0.15) is 4.99 Å². The van der Waals surface area contributed by atoms with Gasteiger partial charge in [0.25, 0.3) is 5.91 Å². The molecule has 1 amide bonds. The summed E-state index contributed by atoms with van der Waals surface area (Å²) in [7, 11) is 0. The second kappa shape index (κ2) is 8.27. The van der Waals surface area contributed by atoms with Gasteiger partial charge in [-0.15, -0.1) is 6.42 Å². The molecule has 0 unspecified atom stereocenters. The molecule has 0 aliphatic heterocycles. The standard InChI is InChI=1S/C22H16N4O3S/c1-3-11-26-18-8-6-15(21(28)29-4-2)13-19(18)30-22(26)25-20(27)14-5-7-16-17(12-14)24-10-9-23-16/h1,5-10,12-13H,4,11H2,2H3. The molecule has 0 aliphatic rings. The first kappa shape index (κ1) is 19.5. The number of nitrogens with zero attached hydrogens (tertiary/aromatic N) is 4.